The number of allylic oxidation sites excluding steroid dienone is 2. The van der Waals surface area contributed by atoms with E-state index >= 15 is 0 Å². The van der Waals surface area contributed by atoms with Crippen LogP contribution < -0.4 is 9.64 Å². The summed E-state index contributed by atoms with van der Waals surface area (Å²) in [7, 11) is 0. The zero-order chi connectivity index (χ0) is 20.5. The molecule has 0 aromatic heterocycles. The van der Waals surface area contributed by atoms with Crippen LogP contribution in [0.15, 0.2) is 60.7 Å². The molecular formula is C21H16N2O6. The van der Waals surface area contributed by atoms with Crippen LogP contribution in [0.25, 0.3) is 0 Å². The summed E-state index contributed by atoms with van der Waals surface area (Å²) in [5, 5.41) is 10.7. The summed E-state index contributed by atoms with van der Waals surface area (Å²) in [6.07, 6.45) is 4.82. The van der Waals surface area contributed by atoms with Gasteiger partial charge in [0.15, 0.2) is 5.75 Å². The van der Waals surface area contributed by atoms with Crippen LogP contribution in [0.3, 0.4) is 0 Å². The van der Waals surface area contributed by atoms with Crippen LogP contribution in [0.5, 0.6) is 5.75 Å². The normalized spacial score (nSPS) is 20.5. The van der Waals surface area contributed by atoms with Crippen molar-refractivity contribution in [2.45, 2.75) is 12.8 Å². The summed E-state index contributed by atoms with van der Waals surface area (Å²) in [6, 6.07) is 11.3. The Morgan fingerprint density at radius 2 is 1.55 bits per heavy atom. The molecule has 2 aliphatic rings. The van der Waals surface area contributed by atoms with Gasteiger partial charge >= 0.3 is 5.97 Å². The Bertz CT molecular complexity index is 1020. The molecule has 1 aliphatic carbocycles. The summed E-state index contributed by atoms with van der Waals surface area (Å²) < 4.78 is 5.42. The first-order chi connectivity index (χ1) is 14.0. The molecular weight excluding hydrogens is 376 g/mol. The van der Waals surface area contributed by atoms with E-state index in [1.807, 2.05) is 12.2 Å². The van der Waals surface area contributed by atoms with Crippen LogP contribution in [0.2, 0.25) is 0 Å². The van der Waals surface area contributed by atoms with Gasteiger partial charge in [0.05, 0.1) is 28.0 Å². The Balaban J connectivity index is 1.60. The second-order valence-corrected chi connectivity index (χ2v) is 6.83. The van der Waals surface area contributed by atoms with Crippen LogP contribution in [0, 0.1) is 22.0 Å². The van der Waals surface area contributed by atoms with E-state index in [2.05, 4.69) is 0 Å². The zero-order valence-electron chi connectivity index (χ0n) is 15.2. The summed E-state index contributed by atoms with van der Waals surface area (Å²) in [6.45, 7) is 0. The van der Waals surface area contributed by atoms with Crippen molar-refractivity contribution in [1.82, 2.24) is 0 Å². The average Bonchev–Trinajstić information content (AvgIpc) is 2.99. The molecule has 2 atom stereocenters. The number of carbonyl (C=O) groups is 3. The second kappa shape index (κ2) is 7.31. The molecule has 1 heterocycles. The molecule has 1 fully saturated rings. The van der Waals surface area contributed by atoms with Gasteiger partial charge in [-0.1, -0.05) is 24.3 Å². The first kappa shape index (κ1) is 18.5. The van der Waals surface area contributed by atoms with E-state index in [4.69, 9.17) is 4.74 Å². The smallest absolute Gasteiger partial charge is 0.343 e. The van der Waals surface area contributed by atoms with Crippen molar-refractivity contribution >= 4 is 29.2 Å². The molecule has 0 N–H and O–H groups in total. The number of non-ortho nitro benzene ring substituents is 1. The van der Waals surface area contributed by atoms with E-state index in [9.17, 15) is 24.5 Å². The van der Waals surface area contributed by atoms with Crippen LogP contribution in [-0.2, 0) is 9.59 Å². The standard InChI is InChI=1S/C21H16N2O6/c24-19-15-5-1-2-6-16(15)20(25)22(19)17-7-3-4-8-18(17)29-21(26)13-9-11-14(12-10-13)23(27)28/h1-4,7-12,15-16H,5-6H2. The zero-order valence-corrected chi connectivity index (χ0v) is 15.2. The Morgan fingerprint density at radius 3 is 2.14 bits per heavy atom. The van der Waals surface area contributed by atoms with Gasteiger partial charge in [-0.2, -0.15) is 0 Å². The van der Waals surface area contributed by atoms with Crippen molar-refractivity contribution in [3.8, 4) is 5.75 Å². The Morgan fingerprint density at radius 1 is 0.966 bits per heavy atom. The van der Waals surface area contributed by atoms with Gasteiger partial charge in [-0.15, -0.1) is 0 Å². The van der Waals surface area contributed by atoms with Crippen molar-refractivity contribution < 1.29 is 24.0 Å². The largest absolute Gasteiger partial charge is 0.421 e. The lowest BCUT2D eigenvalue weighted by molar-refractivity contribution is -0.384. The first-order valence-corrected chi connectivity index (χ1v) is 9.06. The van der Waals surface area contributed by atoms with Crippen molar-refractivity contribution in [3.63, 3.8) is 0 Å². The summed E-state index contributed by atoms with van der Waals surface area (Å²) >= 11 is 0. The Hall–Kier alpha value is -3.81. The third-order valence-corrected chi connectivity index (χ3v) is 5.13. The minimum Gasteiger partial charge on any atom is -0.421 e. The van der Waals surface area contributed by atoms with E-state index in [-0.39, 0.29) is 34.5 Å². The topological polar surface area (TPSA) is 107 Å². The Labute approximate surface area is 165 Å². The van der Waals surface area contributed by atoms with Gasteiger partial charge in [0.2, 0.25) is 11.8 Å². The number of ether oxygens (including phenoxy) is 1. The number of rotatable bonds is 4. The minimum absolute atomic E-state index is 0.0733. The number of benzene rings is 2. The molecule has 1 saturated heterocycles. The number of nitro groups is 1. The number of nitrogens with zero attached hydrogens (tertiary/aromatic N) is 2. The third-order valence-electron chi connectivity index (χ3n) is 5.13. The van der Waals surface area contributed by atoms with Gasteiger partial charge < -0.3 is 4.74 Å². The van der Waals surface area contributed by atoms with Gasteiger partial charge in [-0.05, 0) is 37.1 Å². The SMILES string of the molecule is O=C(Oc1ccccc1N1C(=O)C2CC=CCC2C1=O)c1ccc([N+](=O)[O-])cc1. The fourth-order valence-corrected chi connectivity index (χ4v) is 3.64. The van der Waals surface area contributed by atoms with Gasteiger partial charge in [0.1, 0.15) is 0 Å². The molecule has 2 amide bonds. The van der Waals surface area contributed by atoms with Crippen molar-refractivity contribution in [2.75, 3.05) is 4.90 Å². The van der Waals surface area contributed by atoms with Crippen molar-refractivity contribution in [1.29, 1.82) is 0 Å². The lowest BCUT2D eigenvalue weighted by atomic mass is 9.85. The molecule has 4 rings (SSSR count). The van der Waals surface area contributed by atoms with E-state index in [0.717, 1.165) is 4.90 Å². The molecule has 29 heavy (non-hydrogen) atoms. The number of hydrogen-bond acceptors (Lipinski definition) is 6. The number of anilines is 1. The number of esters is 1. The number of fused-ring (bicyclic) bond motifs is 1. The number of hydrogen-bond donors (Lipinski definition) is 0. The fraction of sp³-hybridized carbons (Fsp3) is 0.190. The maximum Gasteiger partial charge on any atom is 0.343 e. The Kier molecular flexibility index (Phi) is 4.67. The quantitative estimate of drug-likeness (QED) is 0.197. The molecule has 2 aromatic rings. The summed E-state index contributed by atoms with van der Waals surface area (Å²) in [5.74, 6) is -2.07. The molecule has 2 unspecified atom stereocenters. The average molecular weight is 392 g/mol. The van der Waals surface area contributed by atoms with E-state index in [0.29, 0.717) is 12.8 Å². The highest BCUT2D eigenvalue weighted by Gasteiger charge is 2.48. The van der Waals surface area contributed by atoms with Gasteiger partial charge in [0, 0.05) is 12.1 Å². The monoisotopic (exact) mass is 392 g/mol. The number of amides is 2. The van der Waals surface area contributed by atoms with Gasteiger partial charge in [-0.25, -0.2) is 9.69 Å². The first-order valence-electron chi connectivity index (χ1n) is 9.06. The van der Waals surface area contributed by atoms with Crippen LogP contribution in [0.4, 0.5) is 11.4 Å². The molecule has 0 spiro atoms. The number of para-hydroxylation sites is 2. The highest BCUT2D eigenvalue weighted by Crippen LogP contribution is 2.40. The lowest BCUT2D eigenvalue weighted by Crippen LogP contribution is -2.31. The minimum atomic E-state index is -0.745. The fourth-order valence-electron chi connectivity index (χ4n) is 3.64. The third kappa shape index (κ3) is 3.29. The predicted molar refractivity (Wildman–Crippen MR) is 102 cm³/mol. The second-order valence-electron chi connectivity index (χ2n) is 6.83. The molecule has 8 heteroatoms. The summed E-state index contributed by atoms with van der Waals surface area (Å²) in [4.78, 5) is 49.4. The highest BCUT2D eigenvalue weighted by molar-refractivity contribution is 6.23. The molecule has 1 aliphatic heterocycles. The van der Waals surface area contributed by atoms with Crippen LogP contribution in [0.1, 0.15) is 23.2 Å². The molecule has 8 nitrogen and oxygen atoms in total. The van der Waals surface area contributed by atoms with Crippen LogP contribution in [-0.4, -0.2) is 22.7 Å². The molecule has 0 radical (unpaired) electrons. The van der Waals surface area contributed by atoms with Crippen molar-refractivity contribution in [2.24, 2.45) is 11.8 Å². The maximum absolute atomic E-state index is 12.8. The van der Waals surface area contributed by atoms with E-state index in [1.165, 1.54) is 30.3 Å². The maximum atomic E-state index is 12.8. The van der Waals surface area contributed by atoms with Gasteiger partial charge in [-0.3, -0.25) is 19.7 Å². The van der Waals surface area contributed by atoms with E-state index in [1.54, 1.807) is 18.2 Å². The molecule has 2 aromatic carbocycles. The predicted octanol–water partition coefficient (Wildman–Crippen LogP) is 3.27. The van der Waals surface area contributed by atoms with Crippen LogP contribution >= 0.6 is 0 Å². The number of imide groups is 1. The van der Waals surface area contributed by atoms with Crippen molar-refractivity contribution in [3.05, 3.63) is 76.4 Å². The summed E-state index contributed by atoms with van der Waals surface area (Å²) in [5.41, 5.74) is 0.181. The van der Waals surface area contributed by atoms with Gasteiger partial charge in [0.25, 0.3) is 5.69 Å². The van der Waals surface area contributed by atoms with E-state index < -0.39 is 22.7 Å². The lowest BCUT2D eigenvalue weighted by Gasteiger charge is -2.18. The highest BCUT2D eigenvalue weighted by atomic mass is 16.6. The molecule has 146 valence electrons. The molecule has 0 saturated carbocycles. The number of carbonyl (C=O) groups excluding carboxylic acids is 3. The number of nitro benzene ring substituents is 1. The molecule has 0 bridgehead atoms.